The van der Waals surface area contributed by atoms with Gasteiger partial charge in [0.2, 0.25) is 0 Å². The molecule has 0 aliphatic carbocycles. The van der Waals surface area contributed by atoms with Crippen LogP contribution in [0.4, 0.5) is 5.82 Å². The van der Waals surface area contributed by atoms with Gasteiger partial charge in [0.05, 0.1) is 0 Å². The van der Waals surface area contributed by atoms with Gasteiger partial charge in [-0.3, -0.25) is 9.36 Å². The van der Waals surface area contributed by atoms with Crippen molar-refractivity contribution in [1.82, 2.24) is 9.55 Å². The first kappa shape index (κ1) is 32.1. The van der Waals surface area contributed by atoms with E-state index >= 15 is 0 Å². The topological polar surface area (TPSA) is 82.5 Å². The molecule has 11 heteroatoms. The molecular weight excluding hydrogens is 563 g/mol. The van der Waals surface area contributed by atoms with E-state index in [0.29, 0.717) is 18.8 Å². The molecule has 39 heavy (non-hydrogen) atoms. The second-order valence-electron chi connectivity index (χ2n) is 13.1. The second kappa shape index (κ2) is 12.2. The normalized spacial score (nSPS) is 19.3. The standard InChI is InChI=1S/C28H45N3O4S2Si2/c1-27(2,3)38(7,8)34-18-21-22(19-35-39(9,10)28(4,5)6)37-26(36-21)31-17-16-23(30-25(31)33)29-24(32)20-14-12-11-13-15-20/h11-17,21-22,26H,18-19H2,1-10H3,(H,29,30,32,33)/t21-,22-/m1/s1. The van der Waals surface area contributed by atoms with Gasteiger partial charge in [-0.15, -0.1) is 23.5 Å². The van der Waals surface area contributed by atoms with Gasteiger partial charge in [-0.05, 0) is 54.5 Å². The monoisotopic (exact) mass is 607 g/mol. The van der Waals surface area contributed by atoms with Crippen LogP contribution < -0.4 is 11.0 Å². The van der Waals surface area contributed by atoms with Crippen molar-refractivity contribution < 1.29 is 13.6 Å². The van der Waals surface area contributed by atoms with Gasteiger partial charge in [-0.1, -0.05) is 59.7 Å². The van der Waals surface area contributed by atoms with E-state index < -0.39 is 16.6 Å². The lowest BCUT2D eigenvalue weighted by atomic mass is 10.2. The van der Waals surface area contributed by atoms with E-state index in [4.69, 9.17) is 8.85 Å². The van der Waals surface area contributed by atoms with Crippen molar-refractivity contribution in [3.05, 3.63) is 58.6 Å². The Kier molecular flexibility index (Phi) is 10.1. The van der Waals surface area contributed by atoms with Crippen molar-refractivity contribution in [2.75, 3.05) is 18.5 Å². The van der Waals surface area contributed by atoms with Crippen LogP contribution in [0.2, 0.25) is 36.3 Å². The van der Waals surface area contributed by atoms with Crippen LogP contribution in [0.5, 0.6) is 0 Å². The summed E-state index contributed by atoms with van der Waals surface area (Å²) >= 11 is 3.49. The molecule has 0 radical (unpaired) electrons. The maximum absolute atomic E-state index is 13.1. The minimum Gasteiger partial charge on any atom is -0.416 e. The Hall–Kier alpha value is -1.38. The number of nitrogens with zero attached hydrogens (tertiary/aromatic N) is 2. The van der Waals surface area contributed by atoms with Gasteiger partial charge in [-0.2, -0.15) is 4.98 Å². The average Bonchev–Trinajstić information content (AvgIpc) is 3.23. The molecule has 2 atom stereocenters. The molecule has 1 aromatic heterocycles. The van der Waals surface area contributed by atoms with Crippen LogP contribution in [0.3, 0.4) is 0 Å². The first-order valence-corrected chi connectivity index (χ1v) is 21.2. The summed E-state index contributed by atoms with van der Waals surface area (Å²) in [6, 6.07) is 10.6. The van der Waals surface area contributed by atoms with Crippen molar-refractivity contribution in [3.63, 3.8) is 0 Å². The lowest BCUT2D eigenvalue weighted by Crippen LogP contribution is -2.45. The Morgan fingerprint density at radius 3 is 1.82 bits per heavy atom. The predicted octanol–water partition coefficient (Wildman–Crippen LogP) is 7.21. The fourth-order valence-electron chi connectivity index (χ4n) is 3.37. The number of hydrogen-bond acceptors (Lipinski definition) is 7. The van der Waals surface area contributed by atoms with Gasteiger partial charge in [0.25, 0.3) is 5.91 Å². The third-order valence-electron chi connectivity index (χ3n) is 8.16. The molecule has 1 saturated heterocycles. The largest absolute Gasteiger partial charge is 0.416 e. The molecule has 0 saturated carbocycles. The number of carbonyl (C=O) groups excluding carboxylic acids is 1. The number of benzene rings is 1. The minimum atomic E-state index is -1.93. The van der Waals surface area contributed by atoms with Crippen molar-refractivity contribution >= 4 is 51.9 Å². The van der Waals surface area contributed by atoms with E-state index in [0.717, 1.165) is 0 Å². The molecule has 3 rings (SSSR count). The Labute approximate surface area is 244 Å². The number of thioether (sulfide) groups is 2. The summed E-state index contributed by atoms with van der Waals surface area (Å²) in [5, 5.41) is 3.34. The van der Waals surface area contributed by atoms with Gasteiger partial charge in [0.1, 0.15) is 10.5 Å². The van der Waals surface area contributed by atoms with Gasteiger partial charge >= 0.3 is 5.69 Å². The van der Waals surface area contributed by atoms with Gasteiger partial charge < -0.3 is 14.2 Å². The Morgan fingerprint density at radius 1 is 0.897 bits per heavy atom. The zero-order valence-corrected chi connectivity index (χ0v) is 28.7. The van der Waals surface area contributed by atoms with Gasteiger partial charge in [-0.25, -0.2) is 4.79 Å². The minimum absolute atomic E-state index is 0.122. The van der Waals surface area contributed by atoms with Crippen LogP contribution in [0, 0.1) is 0 Å². The second-order valence-corrected chi connectivity index (χ2v) is 25.7. The number of carbonyl (C=O) groups is 1. The molecule has 0 unspecified atom stereocenters. The van der Waals surface area contributed by atoms with E-state index in [2.05, 4.69) is 78.0 Å². The molecule has 1 aromatic carbocycles. The summed E-state index contributed by atoms with van der Waals surface area (Å²) < 4.78 is 14.8. The summed E-state index contributed by atoms with van der Waals surface area (Å²) in [4.78, 5) is 29.8. The summed E-state index contributed by atoms with van der Waals surface area (Å²) in [6.45, 7) is 23.8. The number of hydrogen-bond donors (Lipinski definition) is 1. The van der Waals surface area contributed by atoms with Crippen LogP contribution >= 0.6 is 23.5 Å². The molecular formula is C28H45N3O4S2Si2. The van der Waals surface area contributed by atoms with E-state index in [-0.39, 0.29) is 42.7 Å². The van der Waals surface area contributed by atoms with Crippen molar-refractivity contribution in [3.8, 4) is 0 Å². The first-order valence-electron chi connectivity index (χ1n) is 13.5. The molecule has 1 N–H and O–H groups in total. The summed E-state index contributed by atoms with van der Waals surface area (Å²) in [5.41, 5.74) is 0.125. The molecule has 1 aliphatic rings. The van der Waals surface area contributed by atoms with Crippen molar-refractivity contribution in [2.24, 2.45) is 0 Å². The zero-order chi connectivity index (χ0) is 29.2. The molecule has 2 heterocycles. The van der Waals surface area contributed by atoms with E-state index in [1.165, 1.54) is 0 Å². The zero-order valence-electron chi connectivity index (χ0n) is 25.0. The van der Waals surface area contributed by atoms with Gasteiger partial charge in [0, 0.05) is 35.5 Å². The first-order chi connectivity index (χ1) is 17.9. The number of nitrogens with one attached hydrogen (secondary N) is 1. The lowest BCUT2D eigenvalue weighted by Gasteiger charge is -2.38. The number of amides is 1. The highest BCUT2D eigenvalue weighted by Crippen LogP contribution is 2.51. The van der Waals surface area contributed by atoms with Crippen LogP contribution in [0.1, 0.15) is 56.6 Å². The molecule has 1 amide bonds. The Balaban J connectivity index is 1.77. The fraction of sp³-hybridized carbons (Fsp3) is 0.607. The maximum atomic E-state index is 13.1. The summed E-state index contributed by atoms with van der Waals surface area (Å²) in [6.07, 6.45) is 1.73. The van der Waals surface area contributed by atoms with Gasteiger partial charge in [0.15, 0.2) is 16.6 Å². The Bertz CT molecular complexity index is 1160. The predicted molar refractivity (Wildman–Crippen MR) is 171 cm³/mol. The van der Waals surface area contributed by atoms with E-state index in [1.807, 2.05) is 6.07 Å². The number of anilines is 1. The van der Waals surface area contributed by atoms with Crippen LogP contribution in [0.25, 0.3) is 0 Å². The highest BCUT2D eigenvalue weighted by molar-refractivity contribution is 8.19. The molecule has 216 valence electrons. The van der Waals surface area contributed by atoms with E-state index in [9.17, 15) is 9.59 Å². The number of rotatable bonds is 9. The molecule has 0 spiro atoms. The molecule has 7 nitrogen and oxygen atoms in total. The smallest absolute Gasteiger partial charge is 0.351 e. The third kappa shape index (κ3) is 8.10. The summed E-state index contributed by atoms with van der Waals surface area (Å²) in [5.74, 6) is -0.0516. The number of aromatic nitrogens is 2. The third-order valence-corrected chi connectivity index (χ3v) is 20.5. The quantitative estimate of drug-likeness (QED) is 0.302. The molecule has 1 aliphatic heterocycles. The highest BCUT2D eigenvalue weighted by atomic mass is 32.2. The highest BCUT2D eigenvalue weighted by Gasteiger charge is 2.44. The maximum Gasteiger partial charge on any atom is 0.351 e. The molecule has 1 fully saturated rings. The van der Waals surface area contributed by atoms with E-state index in [1.54, 1.807) is 64.6 Å². The SMILES string of the molecule is CC(C)(C)[Si](C)(C)OC[C@H]1SC(n2ccc(NC(=O)c3ccccc3)nc2=O)S[C@@H]1CO[Si](C)(C)C(C)(C)C. The van der Waals surface area contributed by atoms with Crippen molar-refractivity contribution in [1.29, 1.82) is 0 Å². The van der Waals surface area contributed by atoms with Crippen LogP contribution in [-0.4, -0.2) is 55.8 Å². The van der Waals surface area contributed by atoms with Crippen LogP contribution in [0.15, 0.2) is 47.4 Å². The van der Waals surface area contributed by atoms with Crippen molar-refractivity contribution in [2.45, 2.75) is 93.0 Å². The molecule has 0 bridgehead atoms. The Morgan fingerprint density at radius 2 is 1.38 bits per heavy atom. The lowest BCUT2D eigenvalue weighted by molar-refractivity contribution is 0.102. The fourth-order valence-corrected chi connectivity index (χ4v) is 9.15. The summed E-state index contributed by atoms with van der Waals surface area (Å²) in [7, 11) is -3.86. The average molecular weight is 608 g/mol. The van der Waals surface area contributed by atoms with Crippen LogP contribution in [-0.2, 0) is 8.85 Å². The molecule has 2 aromatic rings.